The minimum Gasteiger partial charge on any atom is -0.496 e. The van der Waals surface area contributed by atoms with E-state index in [1.54, 1.807) is 30.0 Å². The van der Waals surface area contributed by atoms with Crippen LogP contribution in [0, 0.1) is 0 Å². The van der Waals surface area contributed by atoms with Gasteiger partial charge in [-0.3, -0.25) is 9.59 Å². The van der Waals surface area contributed by atoms with Gasteiger partial charge in [-0.15, -0.1) is 11.3 Å². The Hall–Kier alpha value is -3.72. The summed E-state index contributed by atoms with van der Waals surface area (Å²) in [7, 11) is 5.32. The molecular weight excluding hydrogens is 556 g/mol. The highest BCUT2D eigenvalue weighted by atomic mass is 32.1. The third-order valence-electron chi connectivity index (χ3n) is 6.65. The maximum absolute atomic E-state index is 12.7. The normalized spacial score (nSPS) is 15.2. The third-order valence-corrected chi connectivity index (χ3v) is 8.49. The maximum Gasteiger partial charge on any atom is 0.322 e. The molecule has 0 unspecified atom stereocenters. The van der Waals surface area contributed by atoms with Crippen molar-refractivity contribution in [3.8, 4) is 23.0 Å². The summed E-state index contributed by atoms with van der Waals surface area (Å²) in [6, 6.07) is 5.45. The molecule has 2 N–H and O–H groups in total. The smallest absolute Gasteiger partial charge is 0.322 e. The molecule has 210 valence electrons. The number of rotatable bonds is 9. The van der Waals surface area contributed by atoms with Crippen molar-refractivity contribution in [1.82, 2.24) is 29.8 Å². The van der Waals surface area contributed by atoms with E-state index in [1.807, 2.05) is 30.4 Å². The molecule has 1 fully saturated rings. The summed E-state index contributed by atoms with van der Waals surface area (Å²) >= 11 is 2.54. The fraction of sp³-hybridized carbons (Fsp3) is 0.385. The van der Waals surface area contributed by atoms with E-state index in [2.05, 4.69) is 15.4 Å². The van der Waals surface area contributed by atoms with Gasteiger partial charge in [-0.05, 0) is 31.5 Å². The molecule has 6 rings (SSSR count). The van der Waals surface area contributed by atoms with Gasteiger partial charge in [0.15, 0.2) is 5.76 Å². The molecule has 5 heterocycles. The van der Waals surface area contributed by atoms with Crippen LogP contribution in [0.2, 0.25) is 0 Å². The second-order valence-electron chi connectivity index (χ2n) is 9.84. The van der Waals surface area contributed by atoms with Gasteiger partial charge in [-0.1, -0.05) is 0 Å². The number of aromatic amines is 1. The molecule has 1 saturated heterocycles. The van der Waals surface area contributed by atoms with Gasteiger partial charge in [0, 0.05) is 43.6 Å². The lowest BCUT2D eigenvalue weighted by molar-refractivity contribution is -0.125. The molecule has 0 bridgehead atoms. The van der Waals surface area contributed by atoms with Crippen molar-refractivity contribution in [2.45, 2.75) is 25.0 Å². The van der Waals surface area contributed by atoms with Gasteiger partial charge < -0.3 is 28.8 Å². The zero-order chi connectivity index (χ0) is 27.9. The van der Waals surface area contributed by atoms with Gasteiger partial charge >= 0.3 is 4.87 Å². The van der Waals surface area contributed by atoms with Gasteiger partial charge in [-0.25, -0.2) is 19.6 Å². The molecule has 0 spiro atoms. The Morgan fingerprint density at radius 1 is 1.25 bits per heavy atom. The number of aromatic nitrogens is 4. The molecule has 0 aliphatic carbocycles. The maximum atomic E-state index is 12.7. The summed E-state index contributed by atoms with van der Waals surface area (Å²) in [5, 5.41) is 9.48. The summed E-state index contributed by atoms with van der Waals surface area (Å²) < 4.78 is 25.0. The Balaban J connectivity index is 1.25. The summed E-state index contributed by atoms with van der Waals surface area (Å²) in [4.78, 5) is 35.8. The first-order chi connectivity index (χ1) is 19.3. The van der Waals surface area contributed by atoms with Gasteiger partial charge in [0.1, 0.15) is 34.4 Å². The largest absolute Gasteiger partial charge is 0.496 e. The molecule has 40 heavy (non-hydrogen) atoms. The number of ether oxygens (including phenoxy) is 3. The lowest BCUT2D eigenvalue weighted by Gasteiger charge is -2.36. The van der Waals surface area contributed by atoms with Crippen LogP contribution in [0.15, 0.2) is 39.0 Å². The van der Waals surface area contributed by atoms with E-state index in [0.29, 0.717) is 66.1 Å². The van der Waals surface area contributed by atoms with Crippen molar-refractivity contribution in [3.05, 3.63) is 50.1 Å². The molecule has 4 aromatic heterocycles. The number of furan rings is 1. The van der Waals surface area contributed by atoms with Crippen molar-refractivity contribution in [1.29, 1.82) is 0 Å². The Morgan fingerprint density at radius 3 is 2.83 bits per heavy atom. The highest BCUT2D eigenvalue weighted by Gasteiger charge is 2.38. The first-order valence-electron chi connectivity index (χ1n) is 12.6. The van der Waals surface area contributed by atoms with Crippen LogP contribution < -0.4 is 19.7 Å². The van der Waals surface area contributed by atoms with E-state index in [4.69, 9.17) is 23.6 Å². The molecule has 0 saturated carbocycles. The van der Waals surface area contributed by atoms with Gasteiger partial charge in [-0.2, -0.15) is 0 Å². The number of fused-ring (bicyclic) bond motifs is 2. The Morgan fingerprint density at radius 2 is 2.08 bits per heavy atom. The number of hydrogen-bond acceptors (Lipinski definition) is 11. The van der Waals surface area contributed by atoms with E-state index in [1.165, 1.54) is 11.3 Å². The number of amides is 1. The van der Waals surface area contributed by atoms with Crippen molar-refractivity contribution in [3.63, 3.8) is 0 Å². The number of likely N-dealkylation sites (N-methyl/N-ethyl adjacent to an activating group) is 1. The fourth-order valence-electron chi connectivity index (χ4n) is 4.73. The summed E-state index contributed by atoms with van der Waals surface area (Å²) in [5.41, 5.74) is 1.37. The zero-order valence-electron chi connectivity index (χ0n) is 22.2. The quantitative estimate of drug-likeness (QED) is 0.268. The van der Waals surface area contributed by atoms with E-state index in [9.17, 15) is 9.59 Å². The number of nitrogens with one attached hydrogen (secondary N) is 2. The highest BCUT2D eigenvalue weighted by molar-refractivity contribution is 7.14. The summed E-state index contributed by atoms with van der Waals surface area (Å²) in [6.07, 6.45) is 3.03. The van der Waals surface area contributed by atoms with Crippen LogP contribution in [0.25, 0.3) is 27.4 Å². The second-order valence-corrected chi connectivity index (χ2v) is 11.6. The van der Waals surface area contributed by atoms with E-state index in [-0.39, 0.29) is 17.4 Å². The van der Waals surface area contributed by atoms with Crippen LogP contribution >= 0.6 is 22.7 Å². The van der Waals surface area contributed by atoms with Gasteiger partial charge in [0.2, 0.25) is 10.9 Å². The number of hydrogen-bond donors (Lipinski definition) is 2. The standard InChI is InChI=1S/C26H28N6O6S2/c1-31(2)12-22(33)29-26(4-6-36-7-5-26)23-27-15(14-39-23)13-37-19-8-16(35-3)9-20-17(19)10-21(38-20)18-11-32-24(28-18)40-25(34)30-32/h8-11,14H,4-7,12-13H2,1-3H3,(H,29,33)(H,30,34). The number of carbonyl (C=O) groups is 1. The molecule has 1 amide bonds. The van der Waals surface area contributed by atoms with Crippen LogP contribution in [0.3, 0.4) is 0 Å². The minimum absolute atomic E-state index is 0.0432. The predicted octanol–water partition coefficient (Wildman–Crippen LogP) is 3.22. The number of benzene rings is 1. The van der Waals surface area contributed by atoms with Crippen LogP contribution in [-0.4, -0.2) is 71.4 Å². The molecule has 1 aromatic carbocycles. The Bertz CT molecular complexity index is 1690. The molecule has 0 radical (unpaired) electrons. The van der Waals surface area contributed by atoms with Crippen LogP contribution in [-0.2, 0) is 21.7 Å². The SMILES string of the molecule is COc1cc(OCc2csc(C3(NC(=O)CN(C)C)CCOCC3)n2)c2cc(-c3cn4[nH]c(=O)sc4n3)oc2c1. The molecule has 1 aliphatic heterocycles. The monoisotopic (exact) mass is 584 g/mol. The van der Waals surface area contributed by atoms with Crippen LogP contribution in [0.1, 0.15) is 23.5 Å². The Labute approximate surface area is 236 Å². The lowest BCUT2D eigenvalue weighted by atomic mass is 9.90. The first kappa shape index (κ1) is 26.5. The van der Waals surface area contributed by atoms with E-state index < -0.39 is 5.54 Å². The van der Waals surface area contributed by atoms with E-state index >= 15 is 0 Å². The number of carbonyl (C=O) groups excluding carboxylic acids is 1. The van der Waals surface area contributed by atoms with E-state index in [0.717, 1.165) is 27.4 Å². The molecular formula is C26H28N6O6S2. The highest BCUT2D eigenvalue weighted by Crippen LogP contribution is 2.38. The molecule has 1 aliphatic rings. The van der Waals surface area contributed by atoms with Gasteiger partial charge in [0.05, 0.1) is 36.5 Å². The second kappa shape index (κ2) is 10.7. The van der Waals surface area contributed by atoms with Crippen LogP contribution in [0.5, 0.6) is 11.5 Å². The molecule has 12 nitrogen and oxygen atoms in total. The summed E-state index contributed by atoms with van der Waals surface area (Å²) in [5.74, 6) is 1.66. The predicted molar refractivity (Wildman–Crippen MR) is 150 cm³/mol. The minimum atomic E-state index is -0.556. The molecule has 14 heteroatoms. The number of methoxy groups -OCH3 is 1. The number of thiazole rings is 1. The fourth-order valence-corrected chi connectivity index (χ4v) is 6.40. The lowest BCUT2D eigenvalue weighted by Crippen LogP contribution is -2.51. The van der Waals surface area contributed by atoms with Crippen LogP contribution in [0.4, 0.5) is 0 Å². The van der Waals surface area contributed by atoms with Gasteiger partial charge in [0.25, 0.3) is 0 Å². The average molecular weight is 585 g/mol. The van der Waals surface area contributed by atoms with Crippen molar-refractivity contribution < 1.29 is 23.4 Å². The summed E-state index contributed by atoms with van der Waals surface area (Å²) in [6.45, 7) is 1.64. The average Bonchev–Trinajstić information content (AvgIpc) is 3.70. The number of imidazole rings is 1. The molecule has 5 aromatic rings. The zero-order valence-corrected chi connectivity index (χ0v) is 23.8. The number of H-pyrrole nitrogens is 1. The number of nitrogens with zero attached hydrogens (tertiary/aromatic N) is 4. The van der Waals surface area contributed by atoms with Crippen molar-refractivity contribution in [2.75, 3.05) is 41.0 Å². The Kier molecular flexibility index (Phi) is 7.08. The van der Waals surface area contributed by atoms with Crippen molar-refractivity contribution in [2.24, 2.45) is 0 Å². The third kappa shape index (κ3) is 5.22. The van der Waals surface area contributed by atoms with Crippen molar-refractivity contribution >= 4 is 44.5 Å². The molecule has 0 atom stereocenters. The topological polar surface area (TPSA) is 136 Å². The first-order valence-corrected chi connectivity index (χ1v) is 14.3.